The Bertz CT molecular complexity index is 369. The molecule has 0 saturated carbocycles. The lowest BCUT2D eigenvalue weighted by Crippen LogP contribution is -2.29. The Morgan fingerprint density at radius 1 is 1.33 bits per heavy atom. The third-order valence-corrected chi connectivity index (χ3v) is 2.09. The molecule has 0 radical (unpaired) electrons. The minimum absolute atomic E-state index is 0.184. The SMILES string of the molecule is CC(O)CNCCNc1cccc(C(F)(F)F)n1. The maximum absolute atomic E-state index is 12.4. The highest BCUT2D eigenvalue weighted by Crippen LogP contribution is 2.27. The van der Waals surface area contributed by atoms with Gasteiger partial charge in [-0.3, -0.25) is 0 Å². The fourth-order valence-electron chi connectivity index (χ4n) is 1.28. The van der Waals surface area contributed by atoms with Crippen molar-refractivity contribution in [3.63, 3.8) is 0 Å². The molecule has 1 rings (SSSR count). The van der Waals surface area contributed by atoms with Crippen molar-refractivity contribution in [1.29, 1.82) is 0 Å². The van der Waals surface area contributed by atoms with Gasteiger partial charge in [0, 0.05) is 19.6 Å². The van der Waals surface area contributed by atoms with E-state index in [0.717, 1.165) is 6.07 Å². The third-order valence-electron chi connectivity index (χ3n) is 2.09. The number of nitrogens with one attached hydrogen (secondary N) is 2. The molecule has 0 aliphatic carbocycles. The maximum atomic E-state index is 12.4. The minimum Gasteiger partial charge on any atom is -0.392 e. The van der Waals surface area contributed by atoms with Gasteiger partial charge in [-0.25, -0.2) is 4.98 Å². The van der Waals surface area contributed by atoms with Crippen LogP contribution in [0.15, 0.2) is 18.2 Å². The molecule has 1 atom stereocenters. The molecule has 0 aliphatic heterocycles. The Kier molecular flexibility index (Phi) is 5.36. The summed E-state index contributed by atoms with van der Waals surface area (Å²) in [4.78, 5) is 3.46. The molecule has 102 valence electrons. The Labute approximate surface area is 103 Å². The van der Waals surface area contributed by atoms with Crippen molar-refractivity contribution in [2.45, 2.75) is 19.2 Å². The molecule has 1 aromatic rings. The molecule has 7 heteroatoms. The number of pyridine rings is 1. The van der Waals surface area contributed by atoms with Gasteiger partial charge in [0.2, 0.25) is 0 Å². The van der Waals surface area contributed by atoms with Crippen molar-refractivity contribution in [3.05, 3.63) is 23.9 Å². The first-order valence-electron chi connectivity index (χ1n) is 5.56. The number of rotatable bonds is 6. The first-order valence-corrected chi connectivity index (χ1v) is 5.56. The van der Waals surface area contributed by atoms with E-state index in [1.54, 1.807) is 6.92 Å². The van der Waals surface area contributed by atoms with Crippen LogP contribution < -0.4 is 10.6 Å². The molecule has 1 aromatic heterocycles. The summed E-state index contributed by atoms with van der Waals surface area (Å²) >= 11 is 0. The average molecular weight is 263 g/mol. The van der Waals surface area contributed by atoms with Crippen LogP contribution in [0.4, 0.5) is 19.0 Å². The van der Waals surface area contributed by atoms with Gasteiger partial charge in [-0.15, -0.1) is 0 Å². The van der Waals surface area contributed by atoms with E-state index in [1.807, 2.05) is 0 Å². The summed E-state index contributed by atoms with van der Waals surface area (Å²) in [6.45, 7) is 3.05. The van der Waals surface area contributed by atoms with Crippen molar-refractivity contribution in [1.82, 2.24) is 10.3 Å². The molecule has 0 aliphatic rings. The van der Waals surface area contributed by atoms with Crippen LogP contribution in [0.5, 0.6) is 0 Å². The zero-order valence-electron chi connectivity index (χ0n) is 9.96. The molecule has 0 bridgehead atoms. The fourth-order valence-corrected chi connectivity index (χ4v) is 1.28. The topological polar surface area (TPSA) is 57.2 Å². The van der Waals surface area contributed by atoms with E-state index in [4.69, 9.17) is 5.11 Å². The van der Waals surface area contributed by atoms with Crippen LogP contribution in [0.1, 0.15) is 12.6 Å². The van der Waals surface area contributed by atoms with Crippen LogP contribution >= 0.6 is 0 Å². The first kappa shape index (κ1) is 14.7. The van der Waals surface area contributed by atoms with E-state index in [9.17, 15) is 13.2 Å². The number of nitrogens with zero attached hydrogens (tertiary/aromatic N) is 1. The fraction of sp³-hybridized carbons (Fsp3) is 0.545. The van der Waals surface area contributed by atoms with Crippen LogP contribution in [-0.2, 0) is 6.18 Å². The van der Waals surface area contributed by atoms with Gasteiger partial charge in [0.05, 0.1) is 6.10 Å². The molecular formula is C11H16F3N3O. The van der Waals surface area contributed by atoms with Crippen LogP contribution in [0.2, 0.25) is 0 Å². The summed E-state index contributed by atoms with van der Waals surface area (Å²) in [5, 5.41) is 14.7. The average Bonchev–Trinajstić information content (AvgIpc) is 2.27. The third kappa shape index (κ3) is 5.33. The van der Waals surface area contributed by atoms with Crippen LogP contribution in [0.25, 0.3) is 0 Å². The molecule has 3 N–H and O–H groups in total. The summed E-state index contributed by atoms with van der Waals surface area (Å²) in [6.07, 6.45) is -4.88. The zero-order valence-corrected chi connectivity index (χ0v) is 9.96. The van der Waals surface area contributed by atoms with Gasteiger partial charge < -0.3 is 15.7 Å². The van der Waals surface area contributed by atoms with E-state index in [1.165, 1.54) is 12.1 Å². The predicted octanol–water partition coefficient (Wildman–Crippen LogP) is 1.48. The number of halogens is 3. The summed E-state index contributed by atoms with van der Waals surface area (Å²) < 4.78 is 37.1. The number of aliphatic hydroxyl groups excluding tert-OH is 1. The molecule has 0 fully saturated rings. The molecule has 1 unspecified atom stereocenters. The first-order chi connectivity index (χ1) is 8.39. The van der Waals surface area contributed by atoms with Gasteiger partial charge >= 0.3 is 6.18 Å². The van der Waals surface area contributed by atoms with Crippen LogP contribution in [0.3, 0.4) is 0 Å². The van der Waals surface area contributed by atoms with Crippen molar-refractivity contribution >= 4 is 5.82 Å². The molecule has 0 spiro atoms. The molecule has 4 nitrogen and oxygen atoms in total. The second-order valence-electron chi connectivity index (χ2n) is 3.89. The summed E-state index contributed by atoms with van der Waals surface area (Å²) in [5.41, 5.74) is -0.913. The lowest BCUT2D eigenvalue weighted by Gasteiger charge is -2.10. The van der Waals surface area contributed by atoms with Gasteiger partial charge in [0.1, 0.15) is 11.5 Å². The smallest absolute Gasteiger partial charge is 0.392 e. The van der Waals surface area contributed by atoms with Crippen LogP contribution in [-0.4, -0.2) is 35.8 Å². The van der Waals surface area contributed by atoms with Gasteiger partial charge in [-0.2, -0.15) is 13.2 Å². The number of aliphatic hydroxyl groups is 1. The lowest BCUT2D eigenvalue weighted by molar-refractivity contribution is -0.141. The number of aromatic nitrogens is 1. The molecule has 18 heavy (non-hydrogen) atoms. The number of alkyl halides is 3. The van der Waals surface area contributed by atoms with E-state index < -0.39 is 18.0 Å². The summed E-state index contributed by atoms with van der Waals surface area (Å²) in [7, 11) is 0. The van der Waals surface area contributed by atoms with Crippen molar-refractivity contribution in [2.75, 3.05) is 25.0 Å². The van der Waals surface area contributed by atoms with Crippen molar-refractivity contribution < 1.29 is 18.3 Å². The Balaban J connectivity index is 2.39. The monoisotopic (exact) mass is 263 g/mol. The second-order valence-corrected chi connectivity index (χ2v) is 3.89. The van der Waals surface area contributed by atoms with Crippen molar-refractivity contribution in [3.8, 4) is 0 Å². The van der Waals surface area contributed by atoms with E-state index >= 15 is 0 Å². The standard InChI is InChI=1S/C11H16F3N3O/c1-8(18)7-15-5-6-16-10-4-2-3-9(17-10)11(12,13)14/h2-4,8,15,18H,5-7H2,1H3,(H,16,17). The Morgan fingerprint density at radius 2 is 2.06 bits per heavy atom. The molecule has 0 amide bonds. The Morgan fingerprint density at radius 3 is 2.67 bits per heavy atom. The zero-order chi connectivity index (χ0) is 13.6. The van der Waals surface area contributed by atoms with E-state index in [2.05, 4.69) is 15.6 Å². The highest BCUT2D eigenvalue weighted by molar-refractivity contribution is 5.35. The van der Waals surface area contributed by atoms with Gasteiger partial charge in [0.25, 0.3) is 0 Å². The molecule has 0 aromatic carbocycles. The van der Waals surface area contributed by atoms with Gasteiger partial charge in [-0.1, -0.05) is 6.07 Å². The van der Waals surface area contributed by atoms with Crippen molar-refractivity contribution in [2.24, 2.45) is 0 Å². The largest absolute Gasteiger partial charge is 0.433 e. The molecule has 0 saturated heterocycles. The number of hydrogen-bond acceptors (Lipinski definition) is 4. The van der Waals surface area contributed by atoms with Gasteiger partial charge in [-0.05, 0) is 19.1 Å². The number of anilines is 1. The molecular weight excluding hydrogens is 247 g/mol. The van der Waals surface area contributed by atoms with E-state index in [0.29, 0.717) is 19.6 Å². The normalized spacial score (nSPS) is 13.4. The highest BCUT2D eigenvalue weighted by Gasteiger charge is 2.32. The van der Waals surface area contributed by atoms with Crippen LogP contribution in [0, 0.1) is 0 Å². The second kappa shape index (κ2) is 6.55. The van der Waals surface area contributed by atoms with E-state index in [-0.39, 0.29) is 5.82 Å². The number of hydrogen-bond donors (Lipinski definition) is 3. The summed E-state index contributed by atoms with van der Waals surface area (Å²) in [5.74, 6) is 0.184. The summed E-state index contributed by atoms with van der Waals surface area (Å²) in [6, 6.07) is 3.71. The van der Waals surface area contributed by atoms with Gasteiger partial charge in [0.15, 0.2) is 0 Å². The maximum Gasteiger partial charge on any atom is 0.433 e. The Hall–Kier alpha value is -1.34. The highest BCUT2D eigenvalue weighted by atomic mass is 19.4. The predicted molar refractivity (Wildman–Crippen MR) is 62.3 cm³/mol. The quantitative estimate of drug-likeness (QED) is 0.680. The lowest BCUT2D eigenvalue weighted by atomic mass is 10.3. The molecule has 1 heterocycles. The minimum atomic E-state index is -4.43.